The van der Waals surface area contributed by atoms with Crippen LogP contribution in [0.25, 0.3) is 0 Å². The van der Waals surface area contributed by atoms with Crippen molar-refractivity contribution in [3.05, 3.63) is 54.0 Å². The van der Waals surface area contributed by atoms with Crippen molar-refractivity contribution in [3.8, 4) is 0 Å². The molecule has 0 unspecified atom stereocenters. The van der Waals surface area contributed by atoms with Crippen LogP contribution in [0.1, 0.15) is 5.56 Å². The molecule has 9 heteroatoms. The maximum absolute atomic E-state index is 13.4. The molecular formula is C12H8F4N2O2S. The predicted octanol–water partition coefficient (Wildman–Crippen LogP) is 3.04. The van der Waals surface area contributed by atoms with Crippen molar-refractivity contribution < 1.29 is 26.0 Å². The van der Waals surface area contributed by atoms with Gasteiger partial charge in [-0.3, -0.25) is 4.72 Å². The fourth-order valence-corrected chi connectivity index (χ4v) is 2.57. The number of rotatable bonds is 3. The first-order valence-electron chi connectivity index (χ1n) is 5.51. The summed E-state index contributed by atoms with van der Waals surface area (Å²) in [5.74, 6) is -1.06. The molecule has 0 saturated heterocycles. The van der Waals surface area contributed by atoms with Gasteiger partial charge < -0.3 is 0 Å². The smallest absolute Gasteiger partial charge is 0.278 e. The van der Waals surface area contributed by atoms with E-state index in [2.05, 4.69) is 4.98 Å². The largest absolute Gasteiger partial charge is 0.416 e. The molecule has 0 saturated carbocycles. The van der Waals surface area contributed by atoms with Gasteiger partial charge in [0.25, 0.3) is 10.0 Å². The Bertz CT molecular complexity index is 743. The Hall–Kier alpha value is -2.16. The molecule has 0 fully saturated rings. The second-order valence-corrected chi connectivity index (χ2v) is 5.57. The highest BCUT2D eigenvalue weighted by atomic mass is 32.2. The summed E-state index contributed by atoms with van der Waals surface area (Å²) in [4.78, 5) is 3.40. The lowest BCUT2D eigenvalue weighted by Gasteiger charge is -2.10. The molecule has 112 valence electrons. The number of benzene rings is 1. The van der Waals surface area contributed by atoms with Crippen LogP contribution in [0.3, 0.4) is 0 Å². The van der Waals surface area contributed by atoms with Gasteiger partial charge >= 0.3 is 6.18 Å². The Morgan fingerprint density at radius 3 is 2.19 bits per heavy atom. The topological polar surface area (TPSA) is 59.1 Å². The van der Waals surface area contributed by atoms with Crippen LogP contribution in [0.4, 0.5) is 23.2 Å². The Morgan fingerprint density at radius 2 is 1.67 bits per heavy atom. The van der Waals surface area contributed by atoms with Gasteiger partial charge in [0.1, 0.15) is 0 Å². The van der Waals surface area contributed by atoms with Crippen molar-refractivity contribution in [3.63, 3.8) is 0 Å². The number of aromatic nitrogens is 1. The van der Waals surface area contributed by atoms with Crippen LogP contribution in [0, 0.1) is 5.82 Å². The molecule has 21 heavy (non-hydrogen) atoms. The van der Waals surface area contributed by atoms with E-state index in [0.29, 0.717) is 12.1 Å². The summed E-state index contributed by atoms with van der Waals surface area (Å²) < 4.78 is 76.2. The van der Waals surface area contributed by atoms with Gasteiger partial charge in [-0.1, -0.05) is 0 Å². The van der Waals surface area contributed by atoms with Crippen LogP contribution in [-0.4, -0.2) is 13.4 Å². The molecule has 0 aliphatic carbocycles. The minimum Gasteiger partial charge on any atom is -0.278 e. The fraction of sp³-hybridized carbons (Fsp3) is 0.0833. The van der Waals surface area contributed by atoms with Crippen LogP contribution >= 0.6 is 0 Å². The average molecular weight is 320 g/mol. The molecular weight excluding hydrogens is 312 g/mol. The van der Waals surface area contributed by atoms with Crippen molar-refractivity contribution in [2.75, 3.05) is 4.72 Å². The van der Waals surface area contributed by atoms with Crippen LogP contribution in [0.15, 0.2) is 47.6 Å². The molecule has 0 aliphatic rings. The third kappa shape index (κ3) is 3.48. The second kappa shape index (κ2) is 5.32. The molecule has 0 radical (unpaired) electrons. The molecule has 0 spiro atoms. The highest BCUT2D eigenvalue weighted by molar-refractivity contribution is 7.92. The van der Waals surface area contributed by atoms with E-state index in [1.807, 2.05) is 4.72 Å². The molecule has 1 aromatic heterocycles. The number of halogens is 4. The molecule has 0 aliphatic heterocycles. The molecule has 0 atom stereocenters. The predicted molar refractivity (Wildman–Crippen MR) is 66.4 cm³/mol. The first-order chi connectivity index (χ1) is 9.70. The van der Waals surface area contributed by atoms with Gasteiger partial charge in [-0.25, -0.2) is 9.37 Å². The maximum Gasteiger partial charge on any atom is 0.416 e. The van der Waals surface area contributed by atoms with Crippen molar-refractivity contribution in [1.29, 1.82) is 0 Å². The summed E-state index contributed by atoms with van der Waals surface area (Å²) in [6.07, 6.45) is -3.44. The van der Waals surface area contributed by atoms with Gasteiger partial charge in [0.2, 0.25) is 5.03 Å². The quantitative estimate of drug-likeness (QED) is 0.884. The third-order valence-electron chi connectivity index (χ3n) is 2.44. The minimum atomic E-state index is -4.52. The summed E-state index contributed by atoms with van der Waals surface area (Å²) >= 11 is 0. The van der Waals surface area contributed by atoms with E-state index < -0.39 is 32.6 Å². The Morgan fingerprint density at radius 1 is 1.05 bits per heavy atom. The third-order valence-corrected chi connectivity index (χ3v) is 3.76. The van der Waals surface area contributed by atoms with Crippen LogP contribution in [-0.2, 0) is 16.2 Å². The van der Waals surface area contributed by atoms with Crippen LogP contribution in [0.5, 0.6) is 0 Å². The molecule has 0 amide bonds. The van der Waals surface area contributed by atoms with E-state index in [1.165, 1.54) is 6.07 Å². The molecule has 4 nitrogen and oxygen atoms in total. The lowest BCUT2D eigenvalue weighted by Crippen LogP contribution is -2.16. The van der Waals surface area contributed by atoms with Crippen molar-refractivity contribution in [1.82, 2.24) is 4.98 Å². The average Bonchev–Trinajstić information content (AvgIpc) is 2.38. The number of pyridine rings is 1. The van der Waals surface area contributed by atoms with Gasteiger partial charge in [-0.15, -0.1) is 0 Å². The highest BCUT2D eigenvalue weighted by Gasteiger charge is 2.30. The Kier molecular flexibility index (Phi) is 3.86. The molecule has 2 rings (SSSR count). The van der Waals surface area contributed by atoms with E-state index in [4.69, 9.17) is 0 Å². The maximum atomic E-state index is 13.4. The minimum absolute atomic E-state index is 0.131. The van der Waals surface area contributed by atoms with Crippen molar-refractivity contribution in [2.45, 2.75) is 11.2 Å². The standard InChI is InChI=1S/C12H8F4N2O2S/c13-10-2-1-7-17-11(10)21(19,20)18-9-5-3-8(4-6-9)12(14,15)16/h1-7,18H. The number of nitrogens with zero attached hydrogens (tertiary/aromatic N) is 1. The van der Waals surface area contributed by atoms with Crippen LogP contribution in [0.2, 0.25) is 0 Å². The number of anilines is 1. The Labute approximate surface area is 117 Å². The normalized spacial score (nSPS) is 12.2. The number of sulfonamides is 1. The van der Waals surface area contributed by atoms with Crippen molar-refractivity contribution >= 4 is 15.7 Å². The van der Waals surface area contributed by atoms with E-state index in [0.717, 1.165) is 24.4 Å². The van der Waals surface area contributed by atoms with Gasteiger partial charge in [0.05, 0.1) is 5.56 Å². The number of hydrogen-bond donors (Lipinski definition) is 1. The Balaban J connectivity index is 2.28. The summed E-state index contributed by atoms with van der Waals surface area (Å²) in [6.45, 7) is 0. The van der Waals surface area contributed by atoms with Crippen molar-refractivity contribution in [2.24, 2.45) is 0 Å². The van der Waals surface area contributed by atoms with E-state index in [-0.39, 0.29) is 5.69 Å². The number of alkyl halides is 3. The summed E-state index contributed by atoms with van der Waals surface area (Å²) in [7, 11) is -4.31. The zero-order chi connectivity index (χ0) is 15.7. The van der Waals surface area contributed by atoms with E-state index in [1.54, 1.807) is 0 Å². The van der Waals surface area contributed by atoms with Gasteiger partial charge in [-0.2, -0.15) is 21.6 Å². The first kappa shape index (κ1) is 15.2. The number of nitrogens with one attached hydrogen (secondary N) is 1. The summed E-state index contributed by atoms with van der Waals surface area (Å²) in [5, 5.41) is -0.829. The summed E-state index contributed by atoms with van der Waals surface area (Å²) in [6, 6.07) is 5.42. The van der Waals surface area contributed by atoms with E-state index >= 15 is 0 Å². The monoisotopic (exact) mass is 320 g/mol. The van der Waals surface area contributed by atoms with Gasteiger partial charge in [0, 0.05) is 11.9 Å². The van der Waals surface area contributed by atoms with Gasteiger partial charge in [0.15, 0.2) is 5.82 Å². The lowest BCUT2D eigenvalue weighted by molar-refractivity contribution is -0.137. The zero-order valence-electron chi connectivity index (χ0n) is 10.2. The van der Waals surface area contributed by atoms with Crippen LogP contribution < -0.4 is 4.72 Å². The fourth-order valence-electron chi connectivity index (χ4n) is 1.50. The SMILES string of the molecule is O=S(=O)(Nc1ccc(C(F)(F)F)cc1)c1ncccc1F. The highest BCUT2D eigenvalue weighted by Crippen LogP contribution is 2.30. The zero-order valence-corrected chi connectivity index (χ0v) is 11.0. The lowest BCUT2D eigenvalue weighted by atomic mass is 10.2. The molecule has 2 aromatic rings. The van der Waals surface area contributed by atoms with E-state index in [9.17, 15) is 26.0 Å². The molecule has 1 heterocycles. The summed E-state index contributed by atoms with van der Waals surface area (Å²) in [5.41, 5.74) is -1.05. The number of hydrogen-bond acceptors (Lipinski definition) is 3. The second-order valence-electron chi connectivity index (χ2n) is 3.97. The molecule has 1 N–H and O–H groups in total. The molecule has 1 aromatic carbocycles. The first-order valence-corrected chi connectivity index (χ1v) is 6.99. The van der Waals surface area contributed by atoms with Gasteiger partial charge in [-0.05, 0) is 36.4 Å². The molecule has 0 bridgehead atoms.